The van der Waals surface area contributed by atoms with Crippen LogP contribution >= 0.6 is 0 Å². The van der Waals surface area contributed by atoms with Crippen molar-refractivity contribution >= 4 is 21.0 Å². The summed E-state index contributed by atoms with van der Waals surface area (Å²) in [4.78, 5) is 10.7. The second-order valence-electron chi connectivity index (χ2n) is 2.61. The Morgan fingerprint density at radius 1 is 1.38 bits per heavy atom. The number of nitrogens with one attached hydrogen (secondary N) is 2. The van der Waals surface area contributed by atoms with Crippen molar-refractivity contribution in [3.8, 4) is 0 Å². The van der Waals surface area contributed by atoms with E-state index in [-0.39, 0.29) is 6.03 Å². The molecule has 0 aliphatic heterocycles. The van der Waals surface area contributed by atoms with Crippen LogP contribution in [0.25, 0.3) is 0 Å². The van der Waals surface area contributed by atoms with Gasteiger partial charge in [0.1, 0.15) is 0 Å². The van der Waals surface area contributed by atoms with E-state index in [4.69, 9.17) is 5.73 Å². The first-order valence-electron chi connectivity index (χ1n) is 4.54. The molecule has 0 atom stereocenters. The summed E-state index contributed by atoms with van der Waals surface area (Å²) in [6.07, 6.45) is 2.22. The van der Waals surface area contributed by atoms with Crippen molar-refractivity contribution in [3.63, 3.8) is 0 Å². The van der Waals surface area contributed by atoms with Crippen LogP contribution in [0.5, 0.6) is 0 Å². The van der Waals surface area contributed by atoms with Gasteiger partial charge in [-0.05, 0) is 0 Å². The van der Waals surface area contributed by atoms with Crippen molar-refractivity contribution in [2.75, 3.05) is 20.1 Å². The Bertz CT molecular complexity index is 133. The molecule has 0 aromatic heterocycles. The third kappa shape index (κ3) is 9.67. The van der Waals surface area contributed by atoms with E-state index < -0.39 is 0 Å². The number of carbonyl (C=O) groups excluding carboxylic acids is 1. The zero-order valence-corrected chi connectivity index (χ0v) is 9.85. The number of urea groups is 1. The van der Waals surface area contributed by atoms with Crippen molar-refractivity contribution < 1.29 is 4.79 Å². The van der Waals surface area contributed by atoms with Crippen LogP contribution in [-0.4, -0.2) is 41.1 Å². The van der Waals surface area contributed by atoms with Crippen LogP contribution in [0.1, 0.15) is 12.8 Å². The van der Waals surface area contributed by atoms with Gasteiger partial charge in [-0.25, -0.2) is 0 Å². The minimum absolute atomic E-state index is 0.0885. The molecule has 2 amide bonds. The summed E-state index contributed by atoms with van der Waals surface area (Å²) in [6.45, 7) is 1.59. The molecular formula is C8H19N3OSe. The zero-order chi connectivity index (χ0) is 9.94. The van der Waals surface area contributed by atoms with E-state index in [9.17, 15) is 4.79 Å². The normalized spacial score (nSPS) is 9.69. The summed E-state index contributed by atoms with van der Waals surface area (Å²) < 4.78 is 0. The van der Waals surface area contributed by atoms with Gasteiger partial charge in [0.15, 0.2) is 0 Å². The Labute approximate surface area is 86.2 Å². The number of hydrogen-bond donors (Lipinski definition) is 3. The molecular weight excluding hydrogens is 233 g/mol. The number of carbonyl (C=O) groups is 1. The molecule has 0 radical (unpaired) electrons. The fourth-order valence-corrected chi connectivity index (χ4v) is 2.69. The molecule has 0 heterocycles. The van der Waals surface area contributed by atoms with E-state index in [0.29, 0.717) is 15.0 Å². The third-order valence-corrected chi connectivity index (χ3v) is 3.89. The second-order valence-corrected chi connectivity index (χ2v) is 5.18. The van der Waals surface area contributed by atoms with Gasteiger partial charge >= 0.3 is 85.8 Å². The Kier molecular flexibility index (Phi) is 9.65. The molecule has 0 bridgehead atoms. The summed E-state index contributed by atoms with van der Waals surface area (Å²) in [6, 6.07) is -0.0885. The van der Waals surface area contributed by atoms with Crippen LogP contribution in [0.4, 0.5) is 4.79 Å². The molecule has 0 fully saturated rings. The van der Waals surface area contributed by atoms with Crippen molar-refractivity contribution in [3.05, 3.63) is 0 Å². The van der Waals surface area contributed by atoms with Crippen molar-refractivity contribution in [2.24, 2.45) is 5.73 Å². The Morgan fingerprint density at radius 2 is 2.08 bits per heavy atom. The molecule has 0 aliphatic rings. The average Bonchev–Trinajstić information content (AvgIpc) is 2.16. The van der Waals surface area contributed by atoms with Gasteiger partial charge in [-0.2, -0.15) is 0 Å². The molecule has 0 spiro atoms. The average molecular weight is 252 g/mol. The SMILES string of the molecule is CNC(=O)NCCC[Se]CCCN. The quantitative estimate of drug-likeness (QED) is 0.447. The summed E-state index contributed by atoms with van der Waals surface area (Å²) in [7, 11) is 1.63. The van der Waals surface area contributed by atoms with Crippen LogP contribution < -0.4 is 16.4 Å². The Morgan fingerprint density at radius 3 is 2.69 bits per heavy atom. The number of amides is 2. The van der Waals surface area contributed by atoms with Crippen molar-refractivity contribution in [1.82, 2.24) is 10.6 Å². The fourth-order valence-electron chi connectivity index (χ4n) is 0.752. The van der Waals surface area contributed by atoms with Crippen LogP contribution in [0, 0.1) is 0 Å². The Hall–Kier alpha value is -0.251. The first kappa shape index (κ1) is 12.7. The maximum absolute atomic E-state index is 10.7. The van der Waals surface area contributed by atoms with Gasteiger partial charge < -0.3 is 0 Å². The molecule has 0 rings (SSSR count). The van der Waals surface area contributed by atoms with E-state index in [1.165, 1.54) is 10.6 Å². The van der Waals surface area contributed by atoms with Crippen LogP contribution in [0.15, 0.2) is 0 Å². The molecule has 0 unspecified atom stereocenters. The summed E-state index contributed by atoms with van der Waals surface area (Å²) >= 11 is 0.712. The minimum atomic E-state index is -0.0885. The number of nitrogens with two attached hydrogens (primary N) is 1. The van der Waals surface area contributed by atoms with Crippen LogP contribution in [-0.2, 0) is 0 Å². The van der Waals surface area contributed by atoms with Gasteiger partial charge in [0.2, 0.25) is 0 Å². The topological polar surface area (TPSA) is 67.2 Å². The first-order chi connectivity index (χ1) is 6.31. The predicted molar refractivity (Wildman–Crippen MR) is 56.1 cm³/mol. The molecule has 0 aliphatic carbocycles. The molecule has 4 nitrogen and oxygen atoms in total. The van der Waals surface area contributed by atoms with Gasteiger partial charge in [-0.3, -0.25) is 0 Å². The molecule has 0 saturated heterocycles. The number of hydrogen-bond acceptors (Lipinski definition) is 2. The summed E-state index contributed by atoms with van der Waals surface area (Å²) in [5.41, 5.74) is 5.37. The maximum atomic E-state index is 10.7. The molecule has 78 valence electrons. The summed E-state index contributed by atoms with van der Waals surface area (Å²) in [5, 5.41) is 7.77. The Balaban J connectivity index is 2.95. The van der Waals surface area contributed by atoms with E-state index in [0.717, 1.165) is 25.9 Å². The monoisotopic (exact) mass is 253 g/mol. The van der Waals surface area contributed by atoms with Gasteiger partial charge in [-0.1, -0.05) is 0 Å². The first-order valence-corrected chi connectivity index (χ1v) is 6.97. The molecule has 5 heteroatoms. The van der Waals surface area contributed by atoms with E-state index >= 15 is 0 Å². The molecule has 4 N–H and O–H groups in total. The summed E-state index contributed by atoms with van der Waals surface area (Å²) in [5.74, 6) is 0. The van der Waals surface area contributed by atoms with Gasteiger partial charge in [-0.15, -0.1) is 0 Å². The van der Waals surface area contributed by atoms with Gasteiger partial charge in [0.25, 0.3) is 0 Å². The standard InChI is InChI=1S/C8H19N3OSe/c1-10-8(12)11-5-3-7-13-6-2-4-9/h2-7,9H2,1H3,(H2,10,11,12). The van der Waals surface area contributed by atoms with Crippen molar-refractivity contribution in [2.45, 2.75) is 23.5 Å². The predicted octanol–water partition coefficient (Wildman–Crippen LogP) is 0.195. The van der Waals surface area contributed by atoms with E-state index in [1.807, 2.05) is 0 Å². The molecule has 13 heavy (non-hydrogen) atoms. The number of rotatable bonds is 7. The molecule has 0 aromatic carbocycles. The zero-order valence-electron chi connectivity index (χ0n) is 8.14. The molecule has 0 saturated carbocycles. The van der Waals surface area contributed by atoms with E-state index in [2.05, 4.69) is 10.6 Å². The fraction of sp³-hybridized carbons (Fsp3) is 0.875. The van der Waals surface area contributed by atoms with Gasteiger partial charge in [0, 0.05) is 0 Å². The molecule has 0 aromatic rings. The van der Waals surface area contributed by atoms with E-state index in [1.54, 1.807) is 7.05 Å². The van der Waals surface area contributed by atoms with Crippen LogP contribution in [0.2, 0.25) is 10.6 Å². The van der Waals surface area contributed by atoms with Crippen LogP contribution in [0.3, 0.4) is 0 Å². The van der Waals surface area contributed by atoms with Gasteiger partial charge in [0.05, 0.1) is 0 Å². The third-order valence-electron chi connectivity index (χ3n) is 1.47. The second kappa shape index (κ2) is 9.83. The van der Waals surface area contributed by atoms with Crippen molar-refractivity contribution in [1.29, 1.82) is 0 Å².